The number of carbonyl (C=O) groups excluding carboxylic acids is 1. The molecule has 0 unspecified atom stereocenters. The largest absolute Gasteiger partial charge is 0.352 e. The highest BCUT2D eigenvalue weighted by molar-refractivity contribution is 5.87. The number of nitrogens with one attached hydrogen (secondary N) is 1. The number of rotatable bonds is 7. The molecular formula is C11H21N3O. The number of hydrogen-bond donors (Lipinski definition) is 1. The molecule has 0 aromatic heterocycles. The standard InChI is InChI=1S/C11H21N3O/c1-5-7-9-12-11(15)8-10-14(4)13(3)6-2/h5,8,10H,1,6-7,9H2,2-4H3,(H,12,15)/b10-8+. The highest BCUT2D eigenvalue weighted by Gasteiger charge is 1.98. The summed E-state index contributed by atoms with van der Waals surface area (Å²) >= 11 is 0. The fourth-order valence-corrected chi connectivity index (χ4v) is 0.869. The highest BCUT2D eigenvalue weighted by Crippen LogP contribution is 1.90. The number of hydrogen-bond acceptors (Lipinski definition) is 3. The van der Waals surface area contributed by atoms with Crippen LogP contribution in [-0.2, 0) is 4.79 Å². The van der Waals surface area contributed by atoms with Crippen molar-refractivity contribution in [1.29, 1.82) is 0 Å². The molecule has 1 amide bonds. The SMILES string of the molecule is C=CCCNC(=O)/C=C/N(C)N(C)CC. The number of nitrogens with zero attached hydrogens (tertiary/aromatic N) is 2. The van der Waals surface area contributed by atoms with Gasteiger partial charge in [0, 0.05) is 39.5 Å². The van der Waals surface area contributed by atoms with Crippen LogP contribution in [0.15, 0.2) is 24.9 Å². The van der Waals surface area contributed by atoms with Gasteiger partial charge in [-0.15, -0.1) is 6.58 Å². The Hall–Kier alpha value is -1.29. The normalized spacial score (nSPS) is 10.7. The first-order valence-electron chi connectivity index (χ1n) is 5.12. The van der Waals surface area contributed by atoms with Gasteiger partial charge in [-0.05, 0) is 6.42 Å². The zero-order chi connectivity index (χ0) is 11.7. The molecule has 0 saturated carbocycles. The topological polar surface area (TPSA) is 35.6 Å². The van der Waals surface area contributed by atoms with Crippen molar-refractivity contribution < 1.29 is 4.79 Å². The summed E-state index contributed by atoms with van der Waals surface area (Å²) in [5, 5.41) is 6.62. The summed E-state index contributed by atoms with van der Waals surface area (Å²) in [6.45, 7) is 7.17. The maximum Gasteiger partial charge on any atom is 0.245 e. The Morgan fingerprint density at radius 2 is 2.13 bits per heavy atom. The molecule has 0 atom stereocenters. The lowest BCUT2D eigenvalue weighted by molar-refractivity contribution is -0.116. The van der Waals surface area contributed by atoms with Crippen LogP contribution in [0.1, 0.15) is 13.3 Å². The number of hydrazine groups is 1. The molecule has 0 heterocycles. The first-order valence-corrected chi connectivity index (χ1v) is 5.12. The fraction of sp³-hybridized carbons (Fsp3) is 0.545. The van der Waals surface area contributed by atoms with Gasteiger partial charge in [0.2, 0.25) is 5.91 Å². The van der Waals surface area contributed by atoms with E-state index in [1.807, 2.05) is 24.1 Å². The van der Waals surface area contributed by atoms with Gasteiger partial charge < -0.3 is 10.3 Å². The Morgan fingerprint density at radius 3 is 2.67 bits per heavy atom. The first kappa shape index (κ1) is 13.7. The maximum absolute atomic E-state index is 11.3. The second kappa shape index (κ2) is 8.05. The van der Waals surface area contributed by atoms with E-state index in [2.05, 4.69) is 18.8 Å². The van der Waals surface area contributed by atoms with Gasteiger partial charge in [-0.1, -0.05) is 13.0 Å². The van der Waals surface area contributed by atoms with Gasteiger partial charge in [-0.3, -0.25) is 4.79 Å². The lowest BCUT2D eigenvalue weighted by Gasteiger charge is -2.25. The molecule has 0 aromatic rings. The van der Waals surface area contributed by atoms with E-state index in [0.29, 0.717) is 6.54 Å². The van der Waals surface area contributed by atoms with Crippen LogP contribution >= 0.6 is 0 Å². The summed E-state index contributed by atoms with van der Waals surface area (Å²) in [7, 11) is 3.86. The molecule has 4 nitrogen and oxygen atoms in total. The number of amides is 1. The molecule has 0 aliphatic carbocycles. The molecule has 86 valence electrons. The lowest BCUT2D eigenvalue weighted by atomic mass is 10.4. The second-order valence-corrected chi connectivity index (χ2v) is 3.23. The van der Waals surface area contributed by atoms with Crippen molar-refractivity contribution in [2.24, 2.45) is 0 Å². The molecule has 0 aromatic carbocycles. The third-order valence-corrected chi connectivity index (χ3v) is 2.09. The Balaban J connectivity index is 3.83. The number of carbonyl (C=O) groups is 1. The van der Waals surface area contributed by atoms with Crippen LogP contribution in [-0.4, -0.2) is 43.1 Å². The second-order valence-electron chi connectivity index (χ2n) is 3.23. The van der Waals surface area contributed by atoms with Crippen molar-refractivity contribution in [1.82, 2.24) is 15.3 Å². The quantitative estimate of drug-likeness (QED) is 0.295. The van der Waals surface area contributed by atoms with E-state index in [9.17, 15) is 4.79 Å². The van der Waals surface area contributed by atoms with E-state index in [0.717, 1.165) is 13.0 Å². The van der Waals surface area contributed by atoms with Crippen LogP contribution in [0.4, 0.5) is 0 Å². The summed E-state index contributed by atoms with van der Waals surface area (Å²) < 4.78 is 0. The van der Waals surface area contributed by atoms with Gasteiger partial charge in [-0.2, -0.15) is 0 Å². The molecule has 0 aliphatic heterocycles. The third-order valence-electron chi connectivity index (χ3n) is 2.09. The van der Waals surface area contributed by atoms with Gasteiger partial charge in [0.25, 0.3) is 0 Å². The zero-order valence-corrected chi connectivity index (χ0v) is 9.86. The Morgan fingerprint density at radius 1 is 1.47 bits per heavy atom. The van der Waals surface area contributed by atoms with Crippen LogP contribution in [0.25, 0.3) is 0 Å². The fourth-order valence-electron chi connectivity index (χ4n) is 0.869. The molecule has 4 heteroatoms. The maximum atomic E-state index is 11.3. The minimum absolute atomic E-state index is 0.0757. The summed E-state index contributed by atoms with van der Waals surface area (Å²) in [5.74, 6) is -0.0757. The van der Waals surface area contributed by atoms with E-state index in [4.69, 9.17) is 0 Å². The van der Waals surface area contributed by atoms with Crippen LogP contribution in [0, 0.1) is 0 Å². The van der Waals surface area contributed by atoms with Crippen molar-refractivity contribution in [3.8, 4) is 0 Å². The molecule has 0 radical (unpaired) electrons. The molecule has 15 heavy (non-hydrogen) atoms. The van der Waals surface area contributed by atoms with Crippen LogP contribution in [0.2, 0.25) is 0 Å². The van der Waals surface area contributed by atoms with Crippen molar-refractivity contribution in [2.45, 2.75) is 13.3 Å². The predicted octanol–water partition coefficient (Wildman–Crippen LogP) is 0.991. The molecular weight excluding hydrogens is 190 g/mol. The Labute approximate surface area is 92.2 Å². The minimum atomic E-state index is -0.0757. The molecule has 0 saturated heterocycles. The van der Waals surface area contributed by atoms with Crippen LogP contribution in [0.3, 0.4) is 0 Å². The summed E-state index contributed by atoms with van der Waals surface area (Å²) in [4.78, 5) is 11.3. The van der Waals surface area contributed by atoms with E-state index in [1.54, 1.807) is 12.3 Å². The average molecular weight is 211 g/mol. The van der Waals surface area contributed by atoms with Crippen LogP contribution in [0.5, 0.6) is 0 Å². The van der Waals surface area contributed by atoms with E-state index in [-0.39, 0.29) is 5.91 Å². The Kier molecular flexibility index (Phi) is 7.36. The Bertz CT molecular complexity index is 226. The van der Waals surface area contributed by atoms with E-state index >= 15 is 0 Å². The smallest absolute Gasteiger partial charge is 0.245 e. The monoisotopic (exact) mass is 211 g/mol. The van der Waals surface area contributed by atoms with E-state index in [1.165, 1.54) is 6.08 Å². The van der Waals surface area contributed by atoms with Crippen molar-refractivity contribution in [2.75, 3.05) is 27.2 Å². The van der Waals surface area contributed by atoms with E-state index < -0.39 is 0 Å². The van der Waals surface area contributed by atoms with Crippen molar-refractivity contribution in [3.05, 3.63) is 24.9 Å². The summed E-state index contributed by atoms with van der Waals surface area (Å²) in [5.41, 5.74) is 0. The molecule has 0 aliphatic rings. The van der Waals surface area contributed by atoms with Gasteiger partial charge in [-0.25, -0.2) is 5.01 Å². The lowest BCUT2D eigenvalue weighted by Crippen LogP contribution is -2.32. The van der Waals surface area contributed by atoms with Crippen LogP contribution < -0.4 is 5.32 Å². The van der Waals surface area contributed by atoms with Crippen molar-refractivity contribution in [3.63, 3.8) is 0 Å². The van der Waals surface area contributed by atoms with Gasteiger partial charge >= 0.3 is 0 Å². The summed E-state index contributed by atoms with van der Waals surface area (Å²) in [6.07, 6.45) is 5.84. The average Bonchev–Trinajstić information content (AvgIpc) is 2.25. The third kappa shape index (κ3) is 6.74. The minimum Gasteiger partial charge on any atom is -0.352 e. The molecule has 0 spiro atoms. The first-order chi connectivity index (χ1) is 7.11. The van der Waals surface area contributed by atoms with Gasteiger partial charge in [0.05, 0.1) is 0 Å². The molecule has 1 N–H and O–H groups in total. The van der Waals surface area contributed by atoms with Crippen molar-refractivity contribution >= 4 is 5.91 Å². The molecule has 0 bridgehead atoms. The van der Waals surface area contributed by atoms with Gasteiger partial charge in [0.15, 0.2) is 0 Å². The summed E-state index contributed by atoms with van der Waals surface area (Å²) in [6, 6.07) is 0. The van der Waals surface area contributed by atoms with Gasteiger partial charge in [0.1, 0.15) is 0 Å². The predicted molar refractivity (Wildman–Crippen MR) is 63.0 cm³/mol. The zero-order valence-electron chi connectivity index (χ0n) is 9.86. The molecule has 0 fully saturated rings. The molecule has 0 rings (SSSR count). The highest BCUT2D eigenvalue weighted by atomic mass is 16.1.